The molecule has 6 N–H and O–H groups in total. The Morgan fingerprint density at radius 2 is 1.05 bits per heavy atom. The minimum absolute atomic E-state index is 0.0166. The number of hydrogen-bond donors (Lipinski definition) is 6. The normalized spacial score (nSPS) is 20.6. The average Bonchev–Trinajstić information content (AvgIpc) is 3.39. The van der Waals surface area contributed by atoms with Crippen LogP contribution < -0.4 is 5.32 Å². The van der Waals surface area contributed by atoms with Crippen molar-refractivity contribution in [3.63, 3.8) is 0 Å². The summed E-state index contributed by atoms with van der Waals surface area (Å²) >= 11 is 0. The summed E-state index contributed by atoms with van der Waals surface area (Å²) < 4.78 is 17.4. The molecule has 0 spiro atoms. The monoisotopic (exact) mass is 1020 g/mol. The largest absolute Gasteiger partial charge is 0.454 e. The number of aliphatic hydroxyl groups is 5. The first-order valence-electron chi connectivity index (χ1n) is 27.7. The summed E-state index contributed by atoms with van der Waals surface area (Å²) in [5.74, 6) is -1.35. The lowest BCUT2D eigenvalue weighted by molar-refractivity contribution is -0.305. The summed E-state index contributed by atoms with van der Waals surface area (Å²) in [7, 11) is 0. The zero-order valence-corrected chi connectivity index (χ0v) is 44.9. The summed E-state index contributed by atoms with van der Waals surface area (Å²) in [6.07, 6.45) is 59.1. The molecular formula is C62H97NO10. The molecule has 0 aromatic rings. The Balaban J connectivity index is 2.82. The van der Waals surface area contributed by atoms with Crippen molar-refractivity contribution in [1.29, 1.82) is 0 Å². The lowest BCUT2D eigenvalue weighted by Gasteiger charge is -2.41. The number of unbranched alkanes of at least 4 members (excludes halogenated alkanes) is 11. The van der Waals surface area contributed by atoms with Crippen molar-refractivity contribution in [3.8, 4) is 0 Å². The van der Waals surface area contributed by atoms with Gasteiger partial charge in [-0.15, -0.1) is 0 Å². The number of hydrogen-bond acceptors (Lipinski definition) is 10. The number of aliphatic hydroxyl groups excluding tert-OH is 5. The van der Waals surface area contributed by atoms with Gasteiger partial charge in [0.1, 0.15) is 24.4 Å². The van der Waals surface area contributed by atoms with E-state index in [2.05, 4.69) is 92.9 Å². The highest BCUT2D eigenvalue weighted by Gasteiger charge is 2.47. The lowest BCUT2D eigenvalue weighted by atomic mass is 9.99. The molecule has 1 rings (SSSR count). The highest BCUT2D eigenvalue weighted by Crippen LogP contribution is 2.26. The van der Waals surface area contributed by atoms with E-state index in [0.717, 1.165) is 77.0 Å². The lowest BCUT2D eigenvalue weighted by Crippen LogP contribution is -2.61. The van der Waals surface area contributed by atoms with E-state index in [1.165, 1.54) is 38.5 Å². The first-order chi connectivity index (χ1) is 35.7. The van der Waals surface area contributed by atoms with Crippen LogP contribution in [0, 0.1) is 0 Å². The van der Waals surface area contributed by atoms with E-state index in [9.17, 15) is 35.1 Å². The Morgan fingerprint density at radius 3 is 1.62 bits per heavy atom. The Hall–Kier alpha value is -4.46. The van der Waals surface area contributed by atoms with Gasteiger partial charge in [-0.25, -0.2) is 0 Å². The fraction of sp³-hybridized carbons (Fsp3) is 0.581. The van der Waals surface area contributed by atoms with Crippen molar-refractivity contribution < 1.29 is 49.3 Å². The van der Waals surface area contributed by atoms with Crippen LogP contribution in [0.5, 0.6) is 0 Å². The molecule has 8 unspecified atom stereocenters. The van der Waals surface area contributed by atoms with Crippen molar-refractivity contribution in [2.75, 3.05) is 13.2 Å². The van der Waals surface area contributed by atoms with E-state index < -0.39 is 67.4 Å². The van der Waals surface area contributed by atoms with Crippen LogP contribution in [-0.4, -0.2) is 99.6 Å². The number of nitrogens with one attached hydrogen (secondary N) is 1. The molecule has 0 aromatic carbocycles. The maximum absolute atomic E-state index is 13.3. The highest BCUT2D eigenvalue weighted by molar-refractivity contribution is 5.80. The fourth-order valence-electron chi connectivity index (χ4n) is 7.52. The van der Waals surface area contributed by atoms with Crippen molar-refractivity contribution in [2.24, 2.45) is 0 Å². The van der Waals surface area contributed by atoms with E-state index in [-0.39, 0.29) is 19.4 Å². The Labute approximate surface area is 441 Å². The number of carbonyl (C=O) groups is 2. The highest BCUT2D eigenvalue weighted by atomic mass is 16.7. The molecule has 1 aliphatic rings. The van der Waals surface area contributed by atoms with E-state index in [0.29, 0.717) is 19.3 Å². The van der Waals surface area contributed by atoms with Crippen molar-refractivity contribution in [1.82, 2.24) is 5.32 Å². The number of rotatable bonds is 43. The maximum atomic E-state index is 13.3. The van der Waals surface area contributed by atoms with E-state index in [1.54, 1.807) is 6.08 Å². The molecule has 11 heteroatoms. The zero-order chi connectivity index (χ0) is 53.3. The first kappa shape index (κ1) is 66.6. The number of ether oxygens (including phenoxy) is 3. The summed E-state index contributed by atoms with van der Waals surface area (Å²) in [5, 5.41) is 56.6. The number of esters is 1. The van der Waals surface area contributed by atoms with Gasteiger partial charge in [0.25, 0.3) is 0 Å². The molecule has 0 aliphatic carbocycles. The average molecular weight is 1020 g/mol. The number of allylic oxidation sites excluding steroid dienone is 23. The molecule has 11 nitrogen and oxygen atoms in total. The van der Waals surface area contributed by atoms with Gasteiger partial charge in [-0.3, -0.25) is 9.59 Å². The van der Waals surface area contributed by atoms with Gasteiger partial charge in [-0.1, -0.05) is 224 Å². The predicted molar refractivity (Wildman–Crippen MR) is 300 cm³/mol. The molecule has 1 aliphatic heterocycles. The smallest absolute Gasteiger partial charge is 0.306 e. The third kappa shape index (κ3) is 37.0. The van der Waals surface area contributed by atoms with Crippen LogP contribution in [0.3, 0.4) is 0 Å². The second kappa shape index (κ2) is 48.5. The third-order valence-electron chi connectivity index (χ3n) is 11.9. The van der Waals surface area contributed by atoms with Gasteiger partial charge in [-0.2, -0.15) is 0 Å². The van der Waals surface area contributed by atoms with E-state index in [4.69, 9.17) is 14.2 Å². The minimum Gasteiger partial charge on any atom is -0.454 e. The molecule has 1 saturated heterocycles. The van der Waals surface area contributed by atoms with Gasteiger partial charge in [0.2, 0.25) is 5.91 Å². The van der Waals surface area contributed by atoms with Crippen molar-refractivity contribution >= 4 is 11.9 Å². The molecule has 0 aromatic heterocycles. The first-order valence-corrected chi connectivity index (χ1v) is 27.7. The Bertz CT molecular complexity index is 1730. The van der Waals surface area contributed by atoms with Gasteiger partial charge in [0, 0.05) is 6.42 Å². The second-order valence-electron chi connectivity index (χ2n) is 18.3. The summed E-state index contributed by atoms with van der Waals surface area (Å²) in [6, 6.07) is -1.07. The molecule has 73 heavy (non-hydrogen) atoms. The molecule has 1 amide bonds. The number of carbonyl (C=O) groups excluding carboxylic acids is 2. The quantitative estimate of drug-likeness (QED) is 0.0149. The standard InChI is InChI=1S/C62H97NO10/c1-4-7-10-13-16-19-22-24-26-27-28-29-30-32-35-38-41-44-47-50-57(67)73-60-59(69)58(68)56(51-64)72-62(60)71-52-53(54(65)48-45-42-39-36-33-21-18-15-12-9-6-3)63-61(70)55(66)49-46-43-40-37-34-31-25-23-20-17-14-11-8-5-2/h7-8,10-11,14,16-17,19-20,23-26,28-29,31-32,34-35,37,41,44-45,48,53-56,58-60,62,64-66,68-69H,4-6,9,12-13,15,18,21-22,27,30,33,36,38-40,42-43,46-47,49-52H2,1-3H3,(H,63,70)/b10-7-,11-8+,17-14+,19-16-,23-20-,26-24-,29-28-,31-25-,35-32-,37-34+,44-41-,48-45+. The Morgan fingerprint density at radius 1 is 0.562 bits per heavy atom. The molecular weight excluding hydrogens is 919 g/mol. The maximum Gasteiger partial charge on any atom is 0.306 e. The van der Waals surface area contributed by atoms with Gasteiger partial charge >= 0.3 is 5.97 Å². The molecule has 8 atom stereocenters. The molecule has 410 valence electrons. The molecule has 0 radical (unpaired) electrons. The van der Waals surface area contributed by atoms with Gasteiger partial charge in [0.05, 0.1) is 25.4 Å². The fourth-order valence-corrected chi connectivity index (χ4v) is 7.52. The topological polar surface area (TPSA) is 175 Å². The molecule has 1 fully saturated rings. The van der Waals surface area contributed by atoms with Crippen LogP contribution in [0.2, 0.25) is 0 Å². The minimum atomic E-state index is -1.66. The zero-order valence-electron chi connectivity index (χ0n) is 44.9. The van der Waals surface area contributed by atoms with Crippen molar-refractivity contribution in [2.45, 2.75) is 217 Å². The van der Waals surface area contributed by atoms with Crippen LogP contribution in [0.25, 0.3) is 0 Å². The third-order valence-corrected chi connectivity index (χ3v) is 11.9. The van der Waals surface area contributed by atoms with Crippen LogP contribution >= 0.6 is 0 Å². The summed E-state index contributed by atoms with van der Waals surface area (Å²) in [6.45, 7) is 5.41. The van der Waals surface area contributed by atoms with Crippen LogP contribution in [-0.2, 0) is 23.8 Å². The summed E-state index contributed by atoms with van der Waals surface area (Å²) in [4.78, 5) is 26.4. The second-order valence-corrected chi connectivity index (χ2v) is 18.3. The Kier molecular flexibility index (Phi) is 44.2. The SMILES string of the molecule is CC/C=C\C/C=C\C/C=C\C/C=C\C/C=C\C/C=C\CCC(=O)OC1C(OCC(NC(=O)C(O)CCCC/C=C/C=C\C=C/C=C/C=C/CC)C(O)/C=C/CCCCCCCCCCC)OC(CO)C(O)C1O. The summed E-state index contributed by atoms with van der Waals surface area (Å²) in [5.41, 5.74) is 0. The predicted octanol–water partition coefficient (Wildman–Crippen LogP) is 12.3. The molecule has 1 heterocycles. The molecule has 0 bridgehead atoms. The molecule has 0 saturated carbocycles. The van der Waals surface area contributed by atoms with Gasteiger partial charge < -0.3 is 45.1 Å². The van der Waals surface area contributed by atoms with Crippen molar-refractivity contribution in [3.05, 3.63) is 146 Å². The van der Waals surface area contributed by atoms with E-state index in [1.807, 2.05) is 72.9 Å². The van der Waals surface area contributed by atoms with Gasteiger partial charge in [-0.05, 0) is 83.5 Å². The van der Waals surface area contributed by atoms with Crippen LogP contribution in [0.1, 0.15) is 168 Å². The van der Waals surface area contributed by atoms with Gasteiger partial charge in [0.15, 0.2) is 12.4 Å². The van der Waals surface area contributed by atoms with Crippen LogP contribution in [0.15, 0.2) is 146 Å². The number of amides is 1. The van der Waals surface area contributed by atoms with Crippen LogP contribution in [0.4, 0.5) is 0 Å². The van der Waals surface area contributed by atoms with E-state index >= 15 is 0 Å².